The van der Waals surface area contributed by atoms with Crippen molar-refractivity contribution in [2.45, 2.75) is 24.5 Å². The van der Waals surface area contributed by atoms with Crippen molar-refractivity contribution in [1.82, 2.24) is 0 Å². The molecule has 2 aliphatic heterocycles. The highest BCUT2D eigenvalue weighted by Gasteiger charge is 2.42. The molecule has 2 aliphatic rings. The van der Waals surface area contributed by atoms with Gasteiger partial charge >= 0.3 is 0 Å². The minimum Gasteiger partial charge on any atom is -0.393 e. The van der Waals surface area contributed by atoms with Gasteiger partial charge in [0.15, 0.2) is 0 Å². The van der Waals surface area contributed by atoms with Gasteiger partial charge < -0.3 is 9.84 Å². The SMILES string of the molecule is O=C1CC2C=CC(CO)(C1)O2. The fraction of sp³-hybridized carbons (Fsp3) is 0.625. The Morgan fingerprint density at radius 3 is 3.36 bits per heavy atom. The summed E-state index contributed by atoms with van der Waals surface area (Å²) in [6.07, 6.45) is 4.39. The Hall–Kier alpha value is -0.670. The van der Waals surface area contributed by atoms with E-state index >= 15 is 0 Å². The lowest BCUT2D eigenvalue weighted by atomic mass is 9.96. The molecule has 11 heavy (non-hydrogen) atoms. The molecule has 0 aliphatic carbocycles. The van der Waals surface area contributed by atoms with Gasteiger partial charge in [0.2, 0.25) is 0 Å². The number of carbonyl (C=O) groups is 1. The zero-order chi connectivity index (χ0) is 7.90. The van der Waals surface area contributed by atoms with Crippen LogP contribution in [-0.2, 0) is 9.53 Å². The number of aliphatic hydroxyl groups excluding tert-OH is 1. The van der Waals surface area contributed by atoms with E-state index in [9.17, 15) is 4.79 Å². The third-order valence-electron chi connectivity index (χ3n) is 2.19. The van der Waals surface area contributed by atoms with Gasteiger partial charge in [-0.05, 0) is 0 Å². The van der Waals surface area contributed by atoms with Gasteiger partial charge in [-0.3, -0.25) is 4.79 Å². The largest absolute Gasteiger partial charge is 0.393 e. The number of carbonyl (C=O) groups excluding carboxylic acids is 1. The molecule has 0 radical (unpaired) electrons. The van der Waals surface area contributed by atoms with Crippen LogP contribution in [0.25, 0.3) is 0 Å². The number of ketones is 1. The molecule has 2 bridgehead atoms. The third kappa shape index (κ3) is 1.01. The summed E-state index contributed by atoms with van der Waals surface area (Å²) in [4.78, 5) is 11.1. The zero-order valence-electron chi connectivity index (χ0n) is 6.12. The molecule has 1 saturated heterocycles. The fourth-order valence-corrected chi connectivity index (χ4v) is 1.65. The van der Waals surface area contributed by atoms with Gasteiger partial charge in [0.1, 0.15) is 11.4 Å². The van der Waals surface area contributed by atoms with E-state index in [1.54, 1.807) is 0 Å². The summed E-state index contributed by atoms with van der Waals surface area (Å²) in [6.45, 7) is -0.0915. The summed E-state index contributed by atoms with van der Waals surface area (Å²) in [5, 5.41) is 8.96. The molecule has 2 rings (SSSR count). The number of hydrogen-bond donors (Lipinski definition) is 1. The van der Waals surface area contributed by atoms with Crippen LogP contribution in [0.1, 0.15) is 12.8 Å². The number of rotatable bonds is 1. The average molecular weight is 154 g/mol. The molecule has 3 nitrogen and oxygen atoms in total. The summed E-state index contributed by atoms with van der Waals surface area (Å²) in [6, 6.07) is 0. The summed E-state index contributed by atoms with van der Waals surface area (Å²) < 4.78 is 5.42. The van der Waals surface area contributed by atoms with E-state index in [0.717, 1.165) is 0 Å². The lowest BCUT2D eigenvalue weighted by Gasteiger charge is -2.30. The smallest absolute Gasteiger partial charge is 0.139 e. The van der Waals surface area contributed by atoms with Gasteiger partial charge in [-0.25, -0.2) is 0 Å². The fourth-order valence-electron chi connectivity index (χ4n) is 1.65. The first-order valence-electron chi connectivity index (χ1n) is 3.74. The molecule has 0 spiro atoms. The molecule has 0 aromatic carbocycles. The van der Waals surface area contributed by atoms with Crippen LogP contribution in [0.5, 0.6) is 0 Å². The molecular formula is C8H10O3. The van der Waals surface area contributed by atoms with E-state index in [0.29, 0.717) is 12.8 Å². The first-order valence-corrected chi connectivity index (χ1v) is 3.74. The van der Waals surface area contributed by atoms with Crippen LogP contribution in [0.4, 0.5) is 0 Å². The van der Waals surface area contributed by atoms with E-state index in [2.05, 4.69) is 0 Å². The van der Waals surface area contributed by atoms with Gasteiger partial charge in [-0.1, -0.05) is 12.2 Å². The van der Waals surface area contributed by atoms with Crippen LogP contribution in [0, 0.1) is 0 Å². The predicted octanol–water partition coefficient (Wildman–Crippen LogP) is 0.0354. The Labute approximate surface area is 64.7 Å². The van der Waals surface area contributed by atoms with Gasteiger partial charge in [0.25, 0.3) is 0 Å². The molecule has 1 fully saturated rings. The number of hydrogen-bond acceptors (Lipinski definition) is 3. The first-order chi connectivity index (χ1) is 5.24. The minimum atomic E-state index is -0.667. The van der Waals surface area contributed by atoms with Crippen molar-refractivity contribution in [3.63, 3.8) is 0 Å². The zero-order valence-corrected chi connectivity index (χ0v) is 6.12. The molecule has 1 N–H and O–H groups in total. The van der Waals surface area contributed by atoms with E-state index in [-0.39, 0.29) is 18.5 Å². The number of aliphatic hydroxyl groups is 1. The van der Waals surface area contributed by atoms with Crippen molar-refractivity contribution in [3.8, 4) is 0 Å². The Balaban J connectivity index is 2.24. The lowest BCUT2D eigenvalue weighted by molar-refractivity contribution is -0.141. The predicted molar refractivity (Wildman–Crippen MR) is 38.1 cm³/mol. The van der Waals surface area contributed by atoms with E-state index < -0.39 is 5.60 Å². The maximum Gasteiger partial charge on any atom is 0.139 e. The van der Waals surface area contributed by atoms with Crippen LogP contribution >= 0.6 is 0 Å². The second-order valence-corrected chi connectivity index (χ2v) is 3.16. The Morgan fingerprint density at radius 2 is 2.64 bits per heavy atom. The van der Waals surface area contributed by atoms with Crippen molar-refractivity contribution < 1.29 is 14.6 Å². The van der Waals surface area contributed by atoms with Crippen LogP contribution < -0.4 is 0 Å². The summed E-state index contributed by atoms with van der Waals surface area (Å²) in [7, 11) is 0. The normalized spacial score (nSPS) is 41.5. The van der Waals surface area contributed by atoms with Gasteiger partial charge in [-0.2, -0.15) is 0 Å². The first kappa shape index (κ1) is 7.00. The molecule has 0 aromatic rings. The van der Waals surface area contributed by atoms with Crippen molar-refractivity contribution in [2.24, 2.45) is 0 Å². The van der Waals surface area contributed by atoms with Crippen LogP contribution in [0.3, 0.4) is 0 Å². The Kier molecular flexibility index (Phi) is 1.37. The van der Waals surface area contributed by atoms with E-state index in [4.69, 9.17) is 9.84 Å². The molecular weight excluding hydrogens is 144 g/mol. The van der Waals surface area contributed by atoms with Crippen molar-refractivity contribution in [3.05, 3.63) is 12.2 Å². The topological polar surface area (TPSA) is 46.5 Å². The molecule has 0 saturated carbocycles. The highest BCUT2D eigenvalue weighted by molar-refractivity contribution is 5.82. The number of Topliss-reactive ketones (excluding diaryl/α,β-unsaturated/α-hetero) is 1. The molecule has 3 heteroatoms. The maximum absolute atomic E-state index is 11.1. The van der Waals surface area contributed by atoms with E-state index in [1.165, 1.54) is 0 Å². The number of fused-ring (bicyclic) bond motifs is 2. The molecule has 2 heterocycles. The number of ether oxygens (including phenoxy) is 1. The second-order valence-electron chi connectivity index (χ2n) is 3.16. The van der Waals surface area contributed by atoms with E-state index in [1.807, 2.05) is 12.2 Å². The monoisotopic (exact) mass is 154 g/mol. The van der Waals surface area contributed by atoms with Gasteiger partial charge in [-0.15, -0.1) is 0 Å². The molecule has 60 valence electrons. The quantitative estimate of drug-likeness (QED) is 0.542. The van der Waals surface area contributed by atoms with Crippen molar-refractivity contribution in [1.29, 1.82) is 0 Å². The second kappa shape index (κ2) is 2.16. The third-order valence-corrected chi connectivity index (χ3v) is 2.19. The Bertz CT molecular complexity index is 221. The summed E-state index contributed by atoms with van der Waals surface area (Å²) in [5.41, 5.74) is -0.667. The van der Waals surface area contributed by atoms with Gasteiger partial charge in [0, 0.05) is 12.8 Å². The van der Waals surface area contributed by atoms with Crippen LogP contribution in [0.15, 0.2) is 12.2 Å². The molecule has 0 aromatic heterocycles. The van der Waals surface area contributed by atoms with Crippen molar-refractivity contribution in [2.75, 3.05) is 6.61 Å². The van der Waals surface area contributed by atoms with Crippen LogP contribution in [0.2, 0.25) is 0 Å². The molecule has 0 amide bonds. The average Bonchev–Trinajstić information content (AvgIpc) is 2.28. The Morgan fingerprint density at radius 1 is 1.82 bits per heavy atom. The minimum absolute atomic E-state index is 0.0802. The van der Waals surface area contributed by atoms with Gasteiger partial charge in [0.05, 0.1) is 12.7 Å². The molecule has 2 atom stereocenters. The molecule has 2 unspecified atom stereocenters. The van der Waals surface area contributed by atoms with Crippen molar-refractivity contribution >= 4 is 5.78 Å². The highest BCUT2D eigenvalue weighted by Crippen LogP contribution is 2.33. The highest BCUT2D eigenvalue weighted by atomic mass is 16.5. The lowest BCUT2D eigenvalue weighted by Crippen LogP contribution is -2.41. The standard InChI is InChI=1S/C8H10O3/c9-5-8-2-1-7(11-8)3-6(10)4-8/h1-2,7,9H,3-5H2. The summed E-state index contributed by atoms with van der Waals surface area (Å²) >= 11 is 0. The van der Waals surface area contributed by atoms with Crippen LogP contribution in [-0.4, -0.2) is 29.2 Å². The summed E-state index contributed by atoms with van der Waals surface area (Å²) in [5.74, 6) is 0.181. The maximum atomic E-state index is 11.1.